The number of rotatable bonds is 15. The molecule has 1 aromatic heterocycles. The number of carbonyl (C=O) groups excluding carboxylic acids is 4. The third-order valence-electron chi connectivity index (χ3n) is 9.99. The van der Waals surface area contributed by atoms with Crippen molar-refractivity contribution in [2.45, 2.75) is 49.2 Å². The van der Waals surface area contributed by atoms with E-state index in [1.54, 1.807) is 61.5 Å². The Kier molecular flexibility index (Phi) is 13.9. The second kappa shape index (κ2) is 20.0. The molecular formula is C49H45N3O6S2. The summed E-state index contributed by atoms with van der Waals surface area (Å²) in [4.78, 5) is 57.0. The number of hydrogen-bond donors (Lipinski definition) is 3. The molecule has 0 aliphatic heterocycles. The lowest BCUT2D eigenvalue weighted by Crippen LogP contribution is -2.30. The first kappa shape index (κ1) is 41.7. The second-order valence-corrected chi connectivity index (χ2v) is 16.3. The average molecular weight is 836 g/mol. The van der Waals surface area contributed by atoms with Crippen LogP contribution < -0.4 is 20.7 Å². The van der Waals surface area contributed by atoms with Gasteiger partial charge < -0.3 is 25.4 Å². The molecule has 0 saturated heterocycles. The molecule has 1 aliphatic carbocycles. The number of fused-ring (bicyclic) bond motifs is 1. The van der Waals surface area contributed by atoms with E-state index in [1.807, 2.05) is 85.8 Å². The maximum Gasteiger partial charge on any atom is 0.341 e. The van der Waals surface area contributed by atoms with Crippen LogP contribution in [0.1, 0.15) is 79.3 Å². The first-order valence-corrected chi connectivity index (χ1v) is 21.6. The number of esters is 1. The minimum Gasteiger partial charge on any atom is -0.493 e. The van der Waals surface area contributed by atoms with E-state index in [2.05, 4.69) is 28.1 Å². The zero-order valence-electron chi connectivity index (χ0n) is 33.3. The number of anilines is 2. The molecule has 2 unspecified atom stereocenters. The Balaban J connectivity index is 1.14. The third-order valence-corrected chi connectivity index (χ3v) is 12.4. The molecule has 5 aromatic carbocycles. The third kappa shape index (κ3) is 10.2. The van der Waals surface area contributed by atoms with Crippen molar-refractivity contribution in [2.24, 2.45) is 0 Å². The van der Waals surface area contributed by atoms with Gasteiger partial charge in [-0.1, -0.05) is 103 Å². The summed E-state index contributed by atoms with van der Waals surface area (Å²) in [5.41, 5.74) is 4.89. The maximum absolute atomic E-state index is 14.5. The first-order valence-electron chi connectivity index (χ1n) is 19.9. The fourth-order valence-electron chi connectivity index (χ4n) is 7.15. The van der Waals surface area contributed by atoms with Gasteiger partial charge in [0.15, 0.2) is 0 Å². The van der Waals surface area contributed by atoms with Crippen LogP contribution in [-0.4, -0.2) is 36.9 Å². The summed E-state index contributed by atoms with van der Waals surface area (Å²) in [5.74, 6) is -0.851. The number of carbonyl (C=O) groups is 4. The topological polar surface area (TPSA) is 123 Å². The van der Waals surface area contributed by atoms with Crippen LogP contribution in [0.15, 0.2) is 150 Å². The lowest BCUT2D eigenvalue weighted by molar-refractivity contribution is -0.116. The monoisotopic (exact) mass is 835 g/mol. The molecule has 60 heavy (non-hydrogen) atoms. The van der Waals surface area contributed by atoms with Gasteiger partial charge in [0.05, 0.1) is 18.8 Å². The van der Waals surface area contributed by atoms with E-state index in [-0.39, 0.29) is 18.2 Å². The molecule has 0 saturated carbocycles. The molecule has 6 aromatic rings. The maximum atomic E-state index is 14.5. The van der Waals surface area contributed by atoms with Gasteiger partial charge in [0.25, 0.3) is 11.8 Å². The molecule has 3 N–H and O–H groups in total. The van der Waals surface area contributed by atoms with Crippen molar-refractivity contribution < 1.29 is 28.7 Å². The molecule has 7 rings (SSSR count). The van der Waals surface area contributed by atoms with Crippen LogP contribution in [0.2, 0.25) is 0 Å². The number of thiophene rings is 1. The van der Waals surface area contributed by atoms with Crippen LogP contribution in [0, 0.1) is 0 Å². The van der Waals surface area contributed by atoms with Crippen LogP contribution in [-0.2, 0) is 27.2 Å². The molecule has 2 atom stereocenters. The molecule has 0 bridgehead atoms. The highest BCUT2D eigenvalue weighted by molar-refractivity contribution is 8.00. The van der Waals surface area contributed by atoms with Gasteiger partial charge in [0.2, 0.25) is 5.91 Å². The quantitative estimate of drug-likeness (QED) is 0.0535. The Hall–Kier alpha value is -6.43. The molecular weight excluding hydrogens is 791 g/mol. The van der Waals surface area contributed by atoms with Crippen molar-refractivity contribution in [1.29, 1.82) is 0 Å². The Morgan fingerprint density at radius 2 is 1.50 bits per heavy atom. The largest absolute Gasteiger partial charge is 0.493 e. The summed E-state index contributed by atoms with van der Waals surface area (Å²) in [6.45, 7) is 4.29. The van der Waals surface area contributed by atoms with Crippen LogP contribution in [0.4, 0.5) is 10.7 Å². The van der Waals surface area contributed by atoms with Crippen molar-refractivity contribution in [1.82, 2.24) is 5.32 Å². The second-order valence-electron chi connectivity index (χ2n) is 14.0. The fourth-order valence-corrected chi connectivity index (χ4v) is 9.55. The van der Waals surface area contributed by atoms with Gasteiger partial charge in [0, 0.05) is 26.6 Å². The van der Waals surface area contributed by atoms with Crippen LogP contribution in [0.5, 0.6) is 5.75 Å². The Morgan fingerprint density at radius 1 is 0.800 bits per heavy atom. The fraction of sp³-hybridized carbons (Fsp3) is 0.184. The SMILES string of the molecule is CCOC(=O)c1c(NC(=O)C(Sc2cccc(NC(=O)/C(=C\c3ccccc3OCC)NC(=O)c3ccccc3)c2)c2ccccc2)sc2c1CCC(c1ccccc1)C2. The summed E-state index contributed by atoms with van der Waals surface area (Å²) in [7, 11) is 0. The van der Waals surface area contributed by atoms with E-state index in [0.717, 1.165) is 28.8 Å². The van der Waals surface area contributed by atoms with Gasteiger partial charge in [-0.2, -0.15) is 0 Å². The normalized spacial score (nSPS) is 14.0. The minimum atomic E-state index is -0.723. The van der Waals surface area contributed by atoms with E-state index >= 15 is 0 Å². The molecule has 304 valence electrons. The summed E-state index contributed by atoms with van der Waals surface area (Å²) in [6.07, 6.45) is 3.95. The van der Waals surface area contributed by atoms with Crippen LogP contribution in [0.3, 0.4) is 0 Å². The van der Waals surface area contributed by atoms with Crippen LogP contribution in [0.25, 0.3) is 6.08 Å². The average Bonchev–Trinajstić information content (AvgIpc) is 3.64. The van der Waals surface area contributed by atoms with Gasteiger partial charge in [-0.3, -0.25) is 14.4 Å². The summed E-state index contributed by atoms with van der Waals surface area (Å²) in [5, 5.41) is 8.64. The number of amides is 3. The van der Waals surface area contributed by atoms with Gasteiger partial charge in [0.1, 0.15) is 21.7 Å². The Bertz CT molecular complexity index is 2490. The molecule has 9 nitrogen and oxygen atoms in total. The zero-order chi connectivity index (χ0) is 41.8. The van der Waals surface area contributed by atoms with Gasteiger partial charge in [-0.15, -0.1) is 23.1 Å². The van der Waals surface area contributed by atoms with Crippen LogP contribution >= 0.6 is 23.1 Å². The summed E-state index contributed by atoms with van der Waals surface area (Å²) in [6, 6.07) is 43.0. The number of para-hydroxylation sites is 1. The minimum absolute atomic E-state index is 0.0155. The van der Waals surface area contributed by atoms with E-state index in [9.17, 15) is 19.2 Å². The van der Waals surface area contributed by atoms with Crippen molar-refractivity contribution in [3.05, 3.63) is 183 Å². The molecule has 0 fully saturated rings. The predicted octanol–water partition coefficient (Wildman–Crippen LogP) is 10.5. The highest BCUT2D eigenvalue weighted by Gasteiger charge is 2.32. The number of ether oxygens (including phenoxy) is 2. The van der Waals surface area contributed by atoms with E-state index in [4.69, 9.17) is 9.47 Å². The highest BCUT2D eigenvalue weighted by atomic mass is 32.2. The summed E-state index contributed by atoms with van der Waals surface area (Å²) >= 11 is 2.77. The van der Waals surface area contributed by atoms with Gasteiger partial charge in [-0.25, -0.2) is 4.79 Å². The zero-order valence-corrected chi connectivity index (χ0v) is 34.9. The van der Waals surface area contributed by atoms with Crippen molar-refractivity contribution in [2.75, 3.05) is 23.8 Å². The van der Waals surface area contributed by atoms with Gasteiger partial charge >= 0.3 is 5.97 Å². The molecule has 1 aliphatic rings. The highest BCUT2D eigenvalue weighted by Crippen LogP contribution is 2.44. The first-order chi connectivity index (χ1) is 29.3. The van der Waals surface area contributed by atoms with E-state index < -0.39 is 23.0 Å². The molecule has 0 radical (unpaired) electrons. The predicted molar refractivity (Wildman–Crippen MR) is 240 cm³/mol. The Morgan fingerprint density at radius 3 is 2.23 bits per heavy atom. The van der Waals surface area contributed by atoms with Crippen molar-refractivity contribution in [3.8, 4) is 5.75 Å². The van der Waals surface area contributed by atoms with Crippen molar-refractivity contribution in [3.63, 3.8) is 0 Å². The number of benzene rings is 5. The van der Waals surface area contributed by atoms with Crippen molar-refractivity contribution >= 4 is 63.6 Å². The lowest BCUT2D eigenvalue weighted by atomic mass is 9.83. The molecule has 0 spiro atoms. The lowest BCUT2D eigenvalue weighted by Gasteiger charge is -2.23. The number of nitrogens with one attached hydrogen (secondary N) is 3. The number of hydrogen-bond acceptors (Lipinski definition) is 8. The molecule has 1 heterocycles. The van der Waals surface area contributed by atoms with E-state index in [0.29, 0.717) is 57.0 Å². The Labute approximate surface area is 358 Å². The molecule has 11 heteroatoms. The van der Waals surface area contributed by atoms with Gasteiger partial charge in [-0.05, 0) is 98.2 Å². The standard InChI is InChI=1S/C49H45N3O6S2/c1-3-57-41-26-15-14-23-36(41)29-40(51-45(53)34-21-12-7-13-22-34)46(54)50-37-24-16-25-38(31-37)59-44(33-19-10-6-11-20-33)47(55)52-48-43(49(56)58-4-2)39-28-27-35(30-42(39)60-48)32-17-8-5-9-18-32/h5-26,29,31,35,44H,3-4,27-28,30H2,1-2H3,(H,50,54)(H,51,53)(H,52,55)/b40-29+. The molecule has 3 amide bonds. The number of thioether (sulfide) groups is 1. The summed E-state index contributed by atoms with van der Waals surface area (Å²) < 4.78 is 11.3. The van der Waals surface area contributed by atoms with E-state index in [1.165, 1.54) is 28.7 Å². The smallest absolute Gasteiger partial charge is 0.341 e.